The summed E-state index contributed by atoms with van der Waals surface area (Å²) < 4.78 is 0. The monoisotopic (exact) mass is 708 g/mol. The Morgan fingerprint density at radius 1 is 0.543 bits per heavy atom. The summed E-state index contributed by atoms with van der Waals surface area (Å²) in [6.07, 6.45) is 14.7. The average Bonchev–Trinajstić information content (AvgIpc) is 3.82. The summed E-state index contributed by atoms with van der Waals surface area (Å²) in [6, 6.07) is 11.9. The van der Waals surface area contributed by atoms with Gasteiger partial charge in [0.25, 0.3) is 11.8 Å². The van der Waals surface area contributed by atoms with E-state index in [-0.39, 0.29) is 11.8 Å². The molecule has 0 radical (unpaired) electrons. The molecule has 4 atom stereocenters. The molecule has 0 unspecified atom stereocenters. The Kier molecular flexibility index (Phi) is 13.0. The smallest absolute Gasteiger partial charge is 0.253 e. The van der Waals surface area contributed by atoms with Gasteiger partial charge in [-0.15, -0.1) is 0 Å². The first-order valence-corrected chi connectivity index (χ1v) is 18.6. The molecule has 0 aromatic heterocycles. The van der Waals surface area contributed by atoms with Gasteiger partial charge < -0.3 is 9.80 Å². The zero-order valence-corrected chi connectivity index (χ0v) is 30.2. The maximum Gasteiger partial charge on any atom is 0.253 e. The van der Waals surface area contributed by atoms with Crippen LogP contribution in [0.25, 0.3) is 0 Å². The van der Waals surface area contributed by atoms with E-state index in [1.165, 1.54) is 90.4 Å². The van der Waals surface area contributed by atoms with Gasteiger partial charge in [0.1, 0.15) is 0 Å². The van der Waals surface area contributed by atoms with Gasteiger partial charge in [-0.05, 0) is 114 Å². The predicted molar refractivity (Wildman–Crippen MR) is 191 cm³/mol. The highest BCUT2D eigenvalue weighted by Gasteiger charge is 2.37. The fourth-order valence-corrected chi connectivity index (χ4v) is 8.65. The molecule has 252 valence electrons. The molecule has 6 rings (SSSR count). The molecule has 0 spiro atoms. The second-order valence-corrected chi connectivity index (χ2v) is 15.0. The third-order valence-corrected chi connectivity index (χ3v) is 12.1. The van der Waals surface area contributed by atoms with E-state index in [1.807, 2.05) is 23.9 Å². The van der Waals surface area contributed by atoms with E-state index in [9.17, 15) is 9.59 Å². The largest absolute Gasteiger partial charge is 0.337 e. The lowest BCUT2D eigenvalue weighted by Crippen LogP contribution is -2.53. The third-order valence-electron chi connectivity index (χ3n) is 10.6. The van der Waals surface area contributed by atoms with Crippen LogP contribution in [0.3, 0.4) is 0 Å². The molecule has 0 N–H and O–H groups in total. The van der Waals surface area contributed by atoms with Crippen LogP contribution in [0.15, 0.2) is 36.4 Å². The normalized spacial score (nSPS) is 25.5. The molecular formula is C36H48Cl4N4O2. The van der Waals surface area contributed by atoms with Gasteiger partial charge in [-0.1, -0.05) is 72.1 Å². The maximum atomic E-state index is 12.9. The van der Waals surface area contributed by atoms with Crippen molar-refractivity contribution in [3.8, 4) is 0 Å². The molecule has 10 heteroatoms. The van der Waals surface area contributed by atoms with Crippen molar-refractivity contribution in [2.24, 2.45) is 0 Å². The average molecular weight is 711 g/mol. The van der Waals surface area contributed by atoms with Crippen LogP contribution in [0.5, 0.6) is 0 Å². The van der Waals surface area contributed by atoms with Crippen molar-refractivity contribution in [3.63, 3.8) is 0 Å². The molecule has 6 nitrogen and oxygen atoms in total. The first kappa shape index (κ1) is 35.8. The number of carbonyl (C=O) groups is 2. The molecule has 0 bridgehead atoms. The Morgan fingerprint density at radius 3 is 1.24 bits per heavy atom. The van der Waals surface area contributed by atoms with Crippen LogP contribution in [0.2, 0.25) is 20.1 Å². The minimum Gasteiger partial charge on any atom is -0.337 e. The minimum atomic E-state index is 0.0414. The van der Waals surface area contributed by atoms with Gasteiger partial charge in [0.05, 0.1) is 20.1 Å². The zero-order valence-electron chi connectivity index (χ0n) is 27.2. The molecule has 2 aromatic rings. The van der Waals surface area contributed by atoms with Gasteiger partial charge in [0.2, 0.25) is 0 Å². The van der Waals surface area contributed by atoms with Crippen molar-refractivity contribution in [2.45, 2.75) is 101 Å². The van der Waals surface area contributed by atoms with E-state index >= 15 is 0 Å². The van der Waals surface area contributed by atoms with Crippen LogP contribution in [0.4, 0.5) is 0 Å². The van der Waals surface area contributed by atoms with E-state index in [4.69, 9.17) is 46.4 Å². The Balaban J connectivity index is 0.000000181. The number of rotatable bonds is 6. The molecule has 4 aliphatic rings. The first-order chi connectivity index (χ1) is 22.2. The first-order valence-electron chi connectivity index (χ1n) is 17.1. The predicted octanol–water partition coefficient (Wildman–Crippen LogP) is 8.94. The van der Waals surface area contributed by atoms with Crippen LogP contribution in [-0.2, 0) is 0 Å². The molecule has 2 aromatic carbocycles. The molecule has 4 fully saturated rings. The number of carbonyl (C=O) groups excluding carboxylic acids is 2. The van der Waals surface area contributed by atoms with Gasteiger partial charge in [0.15, 0.2) is 0 Å². The molecule has 2 aliphatic carbocycles. The van der Waals surface area contributed by atoms with Crippen LogP contribution >= 0.6 is 46.4 Å². The van der Waals surface area contributed by atoms with Crippen LogP contribution in [-0.4, -0.2) is 95.9 Å². The summed E-state index contributed by atoms with van der Waals surface area (Å²) in [5.74, 6) is 0.0827. The van der Waals surface area contributed by atoms with Crippen molar-refractivity contribution in [1.82, 2.24) is 19.6 Å². The van der Waals surface area contributed by atoms with Gasteiger partial charge in [-0.25, -0.2) is 0 Å². The maximum absolute atomic E-state index is 12.9. The van der Waals surface area contributed by atoms with E-state index in [1.54, 1.807) is 36.4 Å². The van der Waals surface area contributed by atoms with Crippen LogP contribution in [0.1, 0.15) is 97.8 Å². The molecule has 46 heavy (non-hydrogen) atoms. The lowest BCUT2D eigenvalue weighted by atomic mass is 9.88. The minimum absolute atomic E-state index is 0.0414. The highest BCUT2D eigenvalue weighted by molar-refractivity contribution is 6.42. The number of likely N-dealkylation sites (N-methyl/N-ethyl adjacent to an activating group) is 2. The van der Waals surface area contributed by atoms with Crippen LogP contribution in [0, 0.1) is 0 Å². The topological polar surface area (TPSA) is 47.1 Å². The van der Waals surface area contributed by atoms with Gasteiger partial charge in [0, 0.05) is 49.4 Å². The number of halogens is 4. The summed E-state index contributed by atoms with van der Waals surface area (Å²) in [7, 11) is 3.87. The van der Waals surface area contributed by atoms with Crippen molar-refractivity contribution < 1.29 is 9.59 Å². The summed E-state index contributed by atoms with van der Waals surface area (Å²) >= 11 is 24.1. The van der Waals surface area contributed by atoms with E-state index < -0.39 is 0 Å². The number of benzene rings is 2. The fourth-order valence-electron chi connectivity index (χ4n) is 8.05. The highest BCUT2D eigenvalue weighted by Crippen LogP contribution is 2.32. The number of likely N-dealkylation sites (tertiary alicyclic amines) is 2. The summed E-state index contributed by atoms with van der Waals surface area (Å²) in [6.45, 7) is 4.71. The van der Waals surface area contributed by atoms with Gasteiger partial charge >= 0.3 is 0 Å². The molecule has 2 saturated carbocycles. The lowest BCUT2D eigenvalue weighted by molar-refractivity contribution is 0.0492. The Hall–Kier alpha value is -1.54. The second-order valence-electron chi connectivity index (χ2n) is 13.4. The molecule has 2 saturated heterocycles. The Bertz CT molecular complexity index is 1250. The van der Waals surface area contributed by atoms with Gasteiger partial charge in [-0.2, -0.15) is 0 Å². The third kappa shape index (κ3) is 8.54. The number of nitrogens with zero attached hydrogens (tertiary/aromatic N) is 4. The summed E-state index contributed by atoms with van der Waals surface area (Å²) in [4.78, 5) is 34.8. The van der Waals surface area contributed by atoms with E-state index in [2.05, 4.69) is 9.80 Å². The van der Waals surface area contributed by atoms with Crippen LogP contribution < -0.4 is 0 Å². The van der Waals surface area contributed by atoms with Crippen molar-refractivity contribution in [1.29, 1.82) is 0 Å². The molecule has 2 heterocycles. The van der Waals surface area contributed by atoms with E-state index in [0.717, 1.165) is 12.8 Å². The van der Waals surface area contributed by atoms with Crippen molar-refractivity contribution >= 4 is 58.2 Å². The van der Waals surface area contributed by atoms with Gasteiger partial charge in [-0.3, -0.25) is 19.4 Å². The quantitative estimate of drug-likeness (QED) is 0.301. The lowest BCUT2D eigenvalue weighted by Gasteiger charge is -2.42. The van der Waals surface area contributed by atoms with Crippen molar-refractivity contribution in [2.75, 3.05) is 40.3 Å². The second kappa shape index (κ2) is 16.7. The standard InChI is InChI=1S/2C18H24Cl2N2O/c2*1-21(18(23)13-8-9-14(19)15(20)12-13)16-6-2-3-7-17(16)22-10-4-5-11-22/h2*8-9,12,16-17H,2-7,10-11H2,1H3/t2*16-,17+/m11/s1. The highest BCUT2D eigenvalue weighted by atomic mass is 35.5. The molecule has 2 amide bonds. The molecular weight excluding hydrogens is 662 g/mol. The fraction of sp³-hybridized carbons (Fsp3) is 0.611. The molecule has 2 aliphatic heterocycles. The summed E-state index contributed by atoms with van der Waals surface area (Å²) in [5.41, 5.74) is 1.24. The number of hydrogen-bond acceptors (Lipinski definition) is 4. The SMILES string of the molecule is CN(C(=O)c1ccc(Cl)c(Cl)c1)[C@@H]1CCCC[C@@H]1N1CCCC1.CN(C(=O)c1ccc(Cl)c(Cl)c1)[C@@H]1CCCC[C@@H]1N1CCCC1. The Morgan fingerprint density at radius 2 is 0.891 bits per heavy atom. The number of hydrogen-bond donors (Lipinski definition) is 0. The Labute approximate surface area is 295 Å². The summed E-state index contributed by atoms with van der Waals surface area (Å²) in [5, 5.41) is 1.84. The number of amides is 2. The van der Waals surface area contributed by atoms with Crippen molar-refractivity contribution in [3.05, 3.63) is 67.6 Å². The van der Waals surface area contributed by atoms with E-state index in [0.29, 0.717) is 55.4 Å². The zero-order chi connectivity index (χ0) is 32.8.